The average Bonchev–Trinajstić information content (AvgIpc) is 2.97. The summed E-state index contributed by atoms with van der Waals surface area (Å²) in [4.78, 5) is 11.6. The van der Waals surface area contributed by atoms with Crippen molar-refractivity contribution < 1.29 is 0 Å². The first-order chi connectivity index (χ1) is 12.0. The molecule has 3 rings (SSSR count). The van der Waals surface area contributed by atoms with Gasteiger partial charge in [-0.3, -0.25) is 0 Å². The highest BCUT2D eigenvalue weighted by Gasteiger charge is 2.29. The minimum atomic E-state index is 0.211. The smallest absolute Gasteiger partial charge is 0.140 e. The van der Waals surface area contributed by atoms with Crippen molar-refractivity contribution >= 4 is 34.7 Å². The zero-order valence-electron chi connectivity index (χ0n) is 14.9. The third kappa shape index (κ3) is 3.91. The number of hydrogen-bond acceptors (Lipinski definition) is 4. The van der Waals surface area contributed by atoms with E-state index < -0.39 is 0 Å². The van der Waals surface area contributed by atoms with Crippen molar-refractivity contribution in [2.75, 3.05) is 18.0 Å². The summed E-state index contributed by atoms with van der Waals surface area (Å²) in [6, 6.07) is 5.81. The molecule has 1 aliphatic heterocycles. The molecular formula is C19H24Cl2N4. The van der Waals surface area contributed by atoms with Crippen LogP contribution in [0.2, 0.25) is 10.0 Å². The van der Waals surface area contributed by atoms with E-state index in [1.54, 1.807) is 6.07 Å². The molecule has 1 atom stereocenters. The molecule has 2 heterocycles. The van der Waals surface area contributed by atoms with E-state index in [4.69, 9.17) is 33.2 Å². The quantitative estimate of drug-likeness (QED) is 0.697. The molecule has 0 amide bonds. The van der Waals surface area contributed by atoms with Crippen LogP contribution in [-0.4, -0.2) is 23.1 Å². The van der Waals surface area contributed by atoms with E-state index in [-0.39, 0.29) is 6.04 Å². The highest BCUT2D eigenvalue weighted by molar-refractivity contribution is 6.36. The monoisotopic (exact) mass is 378 g/mol. The van der Waals surface area contributed by atoms with Gasteiger partial charge in [-0.2, -0.15) is 0 Å². The summed E-state index contributed by atoms with van der Waals surface area (Å²) >= 11 is 12.5. The molecule has 0 saturated heterocycles. The summed E-state index contributed by atoms with van der Waals surface area (Å²) in [5, 5.41) is 4.86. The van der Waals surface area contributed by atoms with Crippen LogP contribution in [0.4, 0.5) is 11.5 Å². The predicted molar refractivity (Wildman–Crippen MR) is 105 cm³/mol. The molecule has 6 heteroatoms. The number of fused-ring (bicyclic) bond motifs is 1. The molecule has 0 aliphatic carbocycles. The van der Waals surface area contributed by atoms with Gasteiger partial charge in [0.15, 0.2) is 0 Å². The van der Waals surface area contributed by atoms with Gasteiger partial charge in [0.2, 0.25) is 0 Å². The van der Waals surface area contributed by atoms with E-state index in [1.165, 1.54) is 18.4 Å². The SMILES string of the molecule is CCCCNC(C)c1nc(C)nc2c1CCN2c1ccc(Cl)cc1Cl. The van der Waals surface area contributed by atoms with Crippen LogP contribution in [-0.2, 0) is 6.42 Å². The number of nitrogens with zero attached hydrogens (tertiary/aromatic N) is 3. The maximum Gasteiger partial charge on any atom is 0.140 e. The zero-order valence-corrected chi connectivity index (χ0v) is 16.5. The Kier molecular flexibility index (Phi) is 5.82. The van der Waals surface area contributed by atoms with Gasteiger partial charge in [0.25, 0.3) is 0 Å². The Balaban J connectivity index is 1.94. The summed E-state index contributed by atoms with van der Waals surface area (Å²) in [5.74, 6) is 1.76. The lowest BCUT2D eigenvalue weighted by Gasteiger charge is -2.21. The van der Waals surface area contributed by atoms with Crippen molar-refractivity contribution in [1.29, 1.82) is 0 Å². The lowest BCUT2D eigenvalue weighted by Crippen LogP contribution is -2.22. The first-order valence-corrected chi connectivity index (χ1v) is 9.60. The van der Waals surface area contributed by atoms with Crippen LogP contribution in [0, 0.1) is 6.92 Å². The lowest BCUT2D eigenvalue weighted by atomic mass is 10.1. The fourth-order valence-electron chi connectivity index (χ4n) is 3.28. The standard InChI is InChI=1S/C19H24Cl2N4/c1-4-5-9-22-12(2)18-15-8-10-25(19(15)24-13(3)23-18)17-7-6-14(20)11-16(17)21/h6-7,11-12,22H,4-5,8-10H2,1-3H3. The van der Waals surface area contributed by atoms with E-state index in [0.29, 0.717) is 10.0 Å². The van der Waals surface area contributed by atoms with Crippen molar-refractivity contribution in [1.82, 2.24) is 15.3 Å². The van der Waals surface area contributed by atoms with E-state index in [0.717, 1.165) is 42.5 Å². The van der Waals surface area contributed by atoms with Gasteiger partial charge in [-0.05, 0) is 51.4 Å². The maximum atomic E-state index is 6.42. The van der Waals surface area contributed by atoms with Crippen LogP contribution >= 0.6 is 23.2 Å². The molecule has 0 saturated carbocycles. The Hall–Kier alpha value is -1.36. The molecule has 134 valence electrons. The van der Waals surface area contributed by atoms with Gasteiger partial charge in [0, 0.05) is 23.2 Å². The summed E-state index contributed by atoms with van der Waals surface area (Å²) in [6.07, 6.45) is 3.27. The Labute approximate surface area is 159 Å². The number of hydrogen-bond donors (Lipinski definition) is 1. The number of aryl methyl sites for hydroxylation is 1. The second-order valence-corrected chi connectivity index (χ2v) is 7.33. The Bertz CT molecular complexity index is 763. The second-order valence-electron chi connectivity index (χ2n) is 6.48. The normalized spacial score (nSPS) is 14.7. The third-order valence-electron chi connectivity index (χ3n) is 4.56. The van der Waals surface area contributed by atoms with Crippen molar-refractivity contribution in [3.63, 3.8) is 0 Å². The highest BCUT2D eigenvalue weighted by atomic mass is 35.5. The Morgan fingerprint density at radius 3 is 2.80 bits per heavy atom. The summed E-state index contributed by atoms with van der Waals surface area (Å²) in [5.41, 5.74) is 3.26. The highest BCUT2D eigenvalue weighted by Crippen LogP contribution is 2.39. The molecule has 1 N–H and O–H groups in total. The molecule has 0 fully saturated rings. The molecule has 4 nitrogen and oxygen atoms in total. The molecule has 0 radical (unpaired) electrons. The van der Waals surface area contributed by atoms with Gasteiger partial charge in [-0.1, -0.05) is 36.5 Å². The predicted octanol–water partition coefficient (Wildman–Crippen LogP) is 5.24. The number of halogens is 2. The largest absolute Gasteiger partial charge is 0.324 e. The van der Waals surface area contributed by atoms with E-state index >= 15 is 0 Å². The van der Waals surface area contributed by atoms with Gasteiger partial charge in [0.05, 0.1) is 16.4 Å². The summed E-state index contributed by atoms with van der Waals surface area (Å²) in [6.45, 7) is 8.18. The summed E-state index contributed by atoms with van der Waals surface area (Å²) < 4.78 is 0. The van der Waals surface area contributed by atoms with Gasteiger partial charge in [-0.15, -0.1) is 0 Å². The number of nitrogens with one attached hydrogen (secondary N) is 1. The minimum absolute atomic E-state index is 0.211. The van der Waals surface area contributed by atoms with Gasteiger partial charge in [-0.25, -0.2) is 9.97 Å². The first-order valence-electron chi connectivity index (χ1n) is 8.84. The fourth-order valence-corrected chi connectivity index (χ4v) is 3.79. The topological polar surface area (TPSA) is 41.1 Å². The van der Waals surface area contributed by atoms with E-state index in [2.05, 4.69) is 24.1 Å². The number of rotatable bonds is 6. The van der Waals surface area contributed by atoms with Crippen molar-refractivity contribution in [3.05, 3.63) is 45.3 Å². The zero-order chi connectivity index (χ0) is 18.0. The van der Waals surface area contributed by atoms with E-state index in [1.807, 2.05) is 19.1 Å². The molecule has 1 aliphatic rings. The van der Waals surface area contributed by atoms with Gasteiger partial charge < -0.3 is 10.2 Å². The Morgan fingerprint density at radius 2 is 2.08 bits per heavy atom. The van der Waals surface area contributed by atoms with Crippen LogP contribution < -0.4 is 10.2 Å². The maximum absolute atomic E-state index is 6.42. The van der Waals surface area contributed by atoms with Crippen LogP contribution in [0.15, 0.2) is 18.2 Å². The molecule has 0 spiro atoms. The van der Waals surface area contributed by atoms with Crippen LogP contribution in [0.25, 0.3) is 0 Å². The second kappa shape index (κ2) is 7.90. The number of unbranched alkanes of at least 4 members (excludes halogenated alkanes) is 1. The molecule has 1 unspecified atom stereocenters. The minimum Gasteiger partial charge on any atom is -0.324 e. The third-order valence-corrected chi connectivity index (χ3v) is 5.10. The van der Waals surface area contributed by atoms with Crippen molar-refractivity contribution in [2.45, 2.75) is 46.1 Å². The molecule has 25 heavy (non-hydrogen) atoms. The van der Waals surface area contributed by atoms with Crippen LogP contribution in [0.3, 0.4) is 0 Å². The number of aromatic nitrogens is 2. The Morgan fingerprint density at radius 1 is 1.28 bits per heavy atom. The molecular weight excluding hydrogens is 355 g/mol. The van der Waals surface area contributed by atoms with Crippen molar-refractivity contribution in [3.8, 4) is 0 Å². The molecule has 2 aromatic rings. The summed E-state index contributed by atoms with van der Waals surface area (Å²) in [7, 11) is 0. The first kappa shape index (κ1) is 18.4. The molecule has 1 aromatic carbocycles. The number of benzene rings is 1. The molecule has 0 bridgehead atoms. The van der Waals surface area contributed by atoms with E-state index in [9.17, 15) is 0 Å². The molecule has 1 aromatic heterocycles. The van der Waals surface area contributed by atoms with Crippen molar-refractivity contribution in [2.24, 2.45) is 0 Å². The lowest BCUT2D eigenvalue weighted by molar-refractivity contribution is 0.539. The number of anilines is 2. The van der Waals surface area contributed by atoms with Crippen LogP contribution in [0.1, 0.15) is 49.8 Å². The van der Waals surface area contributed by atoms with Crippen LogP contribution in [0.5, 0.6) is 0 Å². The van der Waals surface area contributed by atoms with Gasteiger partial charge >= 0.3 is 0 Å². The van der Waals surface area contributed by atoms with Gasteiger partial charge in [0.1, 0.15) is 11.6 Å². The fraction of sp³-hybridized carbons (Fsp3) is 0.474. The average molecular weight is 379 g/mol.